The van der Waals surface area contributed by atoms with Crippen LogP contribution in [0.4, 0.5) is 0 Å². The average molecular weight is 349 g/mol. The Bertz CT molecular complexity index is 622. The second kappa shape index (κ2) is 6.28. The van der Waals surface area contributed by atoms with Crippen LogP contribution < -0.4 is 5.32 Å². The minimum atomic E-state index is 0.202. The van der Waals surface area contributed by atoms with Crippen LogP contribution >= 0.6 is 15.9 Å². The van der Waals surface area contributed by atoms with Crippen LogP contribution in [0.1, 0.15) is 56.0 Å². The topological polar surface area (TPSA) is 42.7 Å². The molecular weight excluding hydrogens is 328 g/mol. The van der Waals surface area contributed by atoms with Crippen LogP contribution in [-0.4, -0.2) is 14.8 Å². The summed E-state index contributed by atoms with van der Waals surface area (Å²) < 4.78 is 3.39. The first-order valence-corrected chi connectivity index (χ1v) is 8.41. The summed E-state index contributed by atoms with van der Waals surface area (Å²) in [5, 5.41) is 12.4. The highest BCUT2D eigenvalue weighted by Gasteiger charge is 2.23. The maximum absolute atomic E-state index is 4.38. The van der Waals surface area contributed by atoms with Gasteiger partial charge in [-0.05, 0) is 37.5 Å². The third-order valence-corrected chi connectivity index (χ3v) is 4.63. The Morgan fingerprint density at radius 1 is 1.38 bits per heavy atom. The molecule has 2 aromatic rings. The normalized spacial score (nSPS) is 16.7. The monoisotopic (exact) mass is 348 g/mol. The van der Waals surface area contributed by atoms with E-state index in [-0.39, 0.29) is 6.04 Å². The highest BCUT2D eigenvalue weighted by molar-refractivity contribution is 9.10. The molecule has 1 aliphatic heterocycles. The van der Waals surface area contributed by atoms with Gasteiger partial charge in [-0.1, -0.05) is 35.0 Å². The summed E-state index contributed by atoms with van der Waals surface area (Å²) in [6, 6.07) is 9.03. The van der Waals surface area contributed by atoms with Crippen molar-refractivity contribution in [1.82, 2.24) is 20.1 Å². The second-order valence-electron chi connectivity index (χ2n) is 5.63. The quantitative estimate of drug-likeness (QED) is 0.893. The molecule has 0 spiro atoms. The number of aromatic nitrogens is 3. The van der Waals surface area contributed by atoms with E-state index in [9.17, 15) is 0 Å². The first-order valence-electron chi connectivity index (χ1n) is 7.62. The first-order chi connectivity index (χ1) is 10.2. The van der Waals surface area contributed by atoms with Crippen molar-refractivity contribution in [3.8, 4) is 0 Å². The van der Waals surface area contributed by atoms with E-state index in [2.05, 4.69) is 74.1 Å². The van der Waals surface area contributed by atoms with Crippen molar-refractivity contribution in [1.29, 1.82) is 0 Å². The maximum atomic E-state index is 4.38. The Morgan fingerprint density at radius 3 is 3.00 bits per heavy atom. The van der Waals surface area contributed by atoms with E-state index in [0.29, 0.717) is 6.04 Å². The van der Waals surface area contributed by atoms with Crippen LogP contribution in [0.25, 0.3) is 0 Å². The number of hydrogen-bond donors (Lipinski definition) is 1. The largest absolute Gasteiger partial charge is 0.314 e. The molecule has 3 rings (SSSR count). The van der Waals surface area contributed by atoms with Gasteiger partial charge >= 0.3 is 0 Å². The fourth-order valence-corrected chi connectivity index (χ4v) is 3.46. The number of hydrogen-bond acceptors (Lipinski definition) is 3. The van der Waals surface area contributed by atoms with Crippen molar-refractivity contribution in [3.05, 3.63) is 46.0 Å². The zero-order chi connectivity index (χ0) is 14.8. The number of halogens is 1. The van der Waals surface area contributed by atoms with E-state index in [4.69, 9.17) is 0 Å². The van der Waals surface area contributed by atoms with Crippen LogP contribution in [0.2, 0.25) is 0 Å². The van der Waals surface area contributed by atoms with Crippen LogP contribution in [0, 0.1) is 0 Å². The van der Waals surface area contributed by atoms with Gasteiger partial charge < -0.3 is 9.88 Å². The number of nitrogens with zero attached hydrogens (tertiary/aromatic N) is 3. The van der Waals surface area contributed by atoms with Gasteiger partial charge in [0, 0.05) is 23.5 Å². The van der Waals surface area contributed by atoms with E-state index in [1.54, 1.807) is 0 Å². The van der Waals surface area contributed by atoms with Crippen molar-refractivity contribution in [2.75, 3.05) is 0 Å². The molecule has 0 fully saturated rings. The van der Waals surface area contributed by atoms with E-state index in [0.717, 1.165) is 35.5 Å². The SMILES string of the molecule is CCC(NC(C)c1nnc2n1CCC2)c1cccc(Br)c1. The highest BCUT2D eigenvalue weighted by Crippen LogP contribution is 2.25. The third-order valence-electron chi connectivity index (χ3n) is 4.14. The van der Waals surface area contributed by atoms with Gasteiger partial charge in [-0.15, -0.1) is 10.2 Å². The standard InChI is InChI=1S/C16H21BrN4/c1-3-14(12-6-4-7-13(17)10-12)18-11(2)16-20-19-15-8-5-9-21(15)16/h4,6-7,10-11,14,18H,3,5,8-9H2,1-2H3. The summed E-state index contributed by atoms with van der Waals surface area (Å²) in [5.41, 5.74) is 1.31. The molecule has 0 saturated carbocycles. The summed E-state index contributed by atoms with van der Waals surface area (Å²) in [4.78, 5) is 0. The third kappa shape index (κ3) is 3.04. The molecule has 0 saturated heterocycles. The van der Waals surface area contributed by atoms with Crippen molar-refractivity contribution in [3.63, 3.8) is 0 Å². The molecule has 0 aliphatic carbocycles. The van der Waals surface area contributed by atoms with Gasteiger partial charge in [-0.25, -0.2) is 0 Å². The molecule has 1 aromatic heterocycles. The lowest BCUT2D eigenvalue weighted by molar-refractivity contribution is 0.430. The molecule has 21 heavy (non-hydrogen) atoms. The van der Waals surface area contributed by atoms with Crippen molar-refractivity contribution < 1.29 is 0 Å². The Balaban J connectivity index is 1.77. The van der Waals surface area contributed by atoms with Gasteiger partial charge in [0.1, 0.15) is 11.6 Å². The zero-order valence-electron chi connectivity index (χ0n) is 12.5. The molecule has 0 bridgehead atoms. The van der Waals surface area contributed by atoms with Gasteiger partial charge in [0.15, 0.2) is 0 Å². The van der Waals surface area contributed by atoms with Crippen LogP contribution in [0.15, 0.2) is 28.7 Å². The summed E-state index contributed by atoms with van der Waals surface area (Å²) in [7, 11) is 0. The highest BCUT2D eigenvalue weighted by atomic mass is 79.9. The van der Waals surface area contributed by atoms with E-state index < -0.39 is 0 Å². The molecule has 2 heterocycles. The van der Waals surface area contributed by atoms with Crippen molar-refractivity contribution in [2.24, 2.45) is 0 Å². The lowest BCUT2D eigenvalue weighted by Crippen LogP contribution is -2.26. The van der Waals surface area contributed by atoms with Crippen molar-refractivity contribution in [2.45, 2.75) is 51.7 Å². The molecule has 5 heteroatoms. The van der Waals surface area contributed by atoms with Crippen LogP contribution in [0.5, 0.6) is 0 Å². The minimum absolute atomic E-state index is 0.202. The molecule has 0 amide bonds. The zero-order valence-corrected chi connectivity index (χ0v) is 14.1. The van der Waals surface area contributed by atoms with Crippen molar-refractivity contribution >= 4 is 15.9 Å². The molecule has 4 nitrogen and oxygen atoms in total. The lowest BCUT2D eigenvalue weighted by Gasteiger charge is -2.22. The molecule has 112 valence electrons. The summed E-state index contributed by atoms with van der Waals surface area (Å²) in [6.45, 7) is 5.44. The predicted molar refractivity (Wildman–Crippen MR) is 87.1 cm³/mol. The smallest absolute Gasteiger partial charge is 0.149 e. The average Bonchev–Trinajstić information content (AvgIpc) is 3.07. The Kier molecular flexibility index (Phi) is 4.40. The predicted octanol–water partition coefficient (Wildman–Crippen LogP) is 3.79. The molecule has 1 aromatic carbocycles. The molecule has 2 atom stereocenters. The Hall–Kier alpha value is -1.20. The summed E-state index contributed by atoms with van der Waals surface area (Å²) >= 11 is 3.55. The number of fused-ring (bicyclic) bond motifs is 1. The fraction of sp³-hybridized carbons (Fsp3) is 0.500. The number of benzene rings is 1. The van der Waals surface area contributed by atoms with E-state index >= 15 is 0 Å². The van der Waals surface area contributed by atoms with Gasteiger partial charge in [-0.3, -0.25) is 0 Å². The van der Waals surface area contributed by atoms with Gasteiger partial charge in [0.2, 0.25) is 0 Å². The first kappa shape index (κ1) is 14.7. The molecule has 2 unspecified atom stereocenters. The second-order valence-corrected chi connectivity index (χ2v) is 6.55. The molecule has 1 aliphatic rings. The minimum Gasteiger partial charge on any atom is -0.314 e. The number of nitrogens with one attached hydrogen (secondary N) is 1. The summed E-state index contributed by atoms with van der Waals surface area (Å²) in [6.07, 6.45) is 3.29. The molecule has 1 N–H and O–H groups in total. The Labute approximate surface area is 134 Å². The lowest BCUT2D eigenvalue weighted by atomic mass is 10.0. The van der Waals surface area contributed by atoms with Crippen LogP contribution in [0.3, 0.4) is 0 Å². The van der Waals surface area contributed by atoms with Gasteiger partial charge in [0.25, 0.3) is 0 Å². The maximum Gasteiger partial charge on any atom is 0.149 e. The Morgan fingerprint density at radius 2 is 2.24 bits per heavy atom. The van der Waals surface area contributed by atoms with E-state index in [1.165, 1.54) is 12.0 Å². The molecule has 0 radical (unpaired) electrons. The number of rotatable bonds is 5. The van der Waals surface area contributed by atoms with E-state index in [1.807, 2.05) is 0 Å². The van der Waals surface area contributed by atoms with Gasteiger partial charge in [0.05, 0.1) is 6.04 Å². The number of aryl methyl sites for hydroxylation is 1. The molecular formula is C16H21BrN4. The summed E-state index contributed by atoms with van der Waals surface area (Å²) in [5.74, 6) is 2.20. The van der Waals surface area contributed by atoms with Gasteiger partial charge in [-0.2, -0.15) is 0 Å². The fourth-order valence-electron chi connectivity index (χ4n) is 3.04. The van der Waals surface area contributed by atoms with Crippen LogP contribution in [-0.2, 0) is 13.0 Å².